The average Bonchev–Trinajstić information content (AvgIpc) is 3.12. The molecule has 132 valence electrons. The van der Waals surface area contributed by atoms with E-state index in [1.54, 1.807) is 6.07 Å². The summed E-state index contributed by atoms with van der Waals surface area (Å²) in [5.41, 5.74) is 3.39. The van der Waals surface area contributed by atoms with Gasteiger partial charge in [-0.15, -0.1) is 0 Å². The second-order valence-corrected chi connectivity index (χ2v) is 6.27. The van der Waals surface area contributed by atoms with Crippen LogP contribution in [0.4, 0.5) is 0 Å². The molecule has 0 aliphatic carbocycles. The maximum atomic E-state index is 9.10. The predicted molar refractivity (Wildman–Crippen MR) is 99.0 cm³/mol. The molecule has 1 aliphatic heterocycles. The molecule has 2 aromatic carbocycles. The van der Waals surface area contributed by atoms with Crippen molar-refractivity contribution in [3.63, 3.8) is 0 Å². The Morgan fingerprint density at radius 3 is 2.73 bits per heavy atom. The van der Waals surface area contributed by atoms with Crippen molar-refractivity contribution in [1.82, 2.24) is 15.1 Å². The standard InChI is InChI=1S/C20H20N4O2/c21-14-15-1-6-19-18(13-15)20(23-22-19)16-2-4-17(5-3-16)26-12-9-24-7-10-25-11-8-24/h1-6,13H,7-12H2,(H,22,23). The van der Waals surface area contributed by atoms with Crippen molar-refractivity contribution in [3.05, 3.63) is 48.0 Å². The fraction of sp³-hybridized carbons (Fsp3) is 0.300. The van der Waals surface area contributed by atoms with Crippen molar-refractivity contribution >= 4 is 10.9 Å². The molecule has 0 radical (unpaired) electrons. The zero-order valence-electron chi connectivity index (χ0n) is 14.4. The van der Waals surface area contributed by atoms with Gasteiger partial charge < -0.3 is 9.47 Å². The predicted octanol–water partition coefficient (Wildman–Crippen LogP) is 2.81. The summed E-state index contributed by atoms with van der Waals surface area (Å²) in [6.45, 7) is 5.13. The van der Waals surface area contributed by atoms with E-state index in [4.69, 9.17) is 14.7 Å². The molecule has 0 saturated carbocycles. The van der Waals surface area contributed by atoms with E-state index in [0.29, 0.717) is 12.2 Å². The van der Waals surface area contributed by atoms with Crippen LogP contribution >= 0.6 is 0 Å². The van der Waals surface area contributed by atoms with E-state index in [-0.39, 0.29) is 0 Å². The summed E-state index contributed by atoms with van der Waals surface area (Å²) in [6, 6.07) is 15.6. The van der Waals surface area contributed by atoms with E-state index in [2.05, 4.69) is 21.2 Å². The second kappa shape index (κ2) is 7.56. The summed E-state index contributed by atoms with van der Waals surface area (Å²) in [5.74, 6) is 0.847. The van der Waals surface area contributed by atoms with Gasteiger partial charge in [0.05, 0.1) is 36.1 Å². The lowest BCUT2D eigenvalue weighted by molar-refractivity contribution is 0.0322. The number of nitrogens with zero attached hydrogens (tertiary/aromatic N) is 3. The first-order valence-corrected chi connectivity index (χ1v) is 8.75. The fourth-order valence-electron chi connectivity index (χ4n) is 3.13. The topological polar surface area (TPSA) is 74.2 Å². The summed E-state index contributed by atoms with van der Waals surface area (Å²) in [7, 11) is 0. The smallest absolute Gasteiger partial charge is 0.119 e. The zero-order valence-corrected chi connectivity index (χ0v) is 14.4. The SMILES string of the molecule is N#Cc1ccc2[nH]nc(-c3ccc(OCCN4CCOCC4)cc3)c2c1. The van der Waals surface area contributed by atoms with Gasteiger partial charge in [0.25, 0.3) is 0 Å². The molecular weight excluding hydrogens is 328 g/mol. The zero-order chi connectivity index (χ0) is 17.8. The summed E-state index contributed by atoms with van der Waals surface area (Å²) in [4.78, 5) is 2.35. The molecule has 1 fully saturated rings. The highest BCUT2D eigenvalue weighted by Gasteiger charge is 2.11. The van der Waals surface area contributed by atoms with E-state index < -0.39 is 0 Å². The highest BCUT2D eigenvalue weighted by Crippen LogP contribution is 2.28. The van der Waals surface area contributed by atoms with Crippen molar-refractivity contribution in [2.75, 3.05) is 39.5 Å². The first kappa shape index (κ1) is 16.6. The molecule has 0 unspecified atom stereocenters. The Labute approximate surface area is 151 Å². The van der Waals surface area contributed by atoms with E-state index >= 15 is 0 Å². The molecule has 1 N–H and O–H groups in total. The van der Waals surface area contributed by atoms with Crippen LogP contribution in [0, 0.1) is 11.3 Å². The molecule has 6 heteroatoms. The van der Waals surface area contributed by atoms with Crippen LogP contribution in [0.25, 0.3) is 22.2 Å². The molecule has 4 rings (SSSR count). The number of morpholine rings is 1. The van der Waals surface area contributed by atoms with Gasteiger partial charge in [0.1, 0.15) is 12.4 Å². The second-order valence-electron chi connectivity index (χ2n) is 6.27. The number of aromatic nitrogens is 2. The molecule has 2 heterocycles. The van der Waals surface area contributed by atoms with Crippen LogP contribution in [0.1, 0.15) is 5.56 Å². The molecule has 3 aromatic rings. The maximum absolute atomic E-state index is 9.10. The molecule has 0 amide bonds. The number of ether oxygens (including phenoxy) is 2. The van der Waals surface area contributed by atoms with Crippen LogP contribution in [0.15, 0.2) is 42.5 Å². The van der Waals surface area contributed by atoms with Crippen molar-refractivity contribution in [1.29, 1.82) is 5.26 Å². The molecule has 1 aromatic heterocycles. The Bertz CT molecular complexity index is 921. The summed E-state index contributed by atoms with van der Waals surface area (Å²) in [6.07, 6.45) is 0. The van der Waals surface area contributed by atoms with Gasteiger partial charge in [-0.05, 0) is 42.5 Å². The van der Waals surface area contributed by atoms with Gasteiger partial charge in [-0.25, -0.2) is 0 Å². The van der Waals surface area contributed by atoms with Crippen molar-refractivity contribution < 1.29 is 9.47 Å². The number of rotatable bonds is 5. The number of hydrogen-bond acceptors (Lipinski definition) is 5. The molecule has 26 heavy (non-hydrogen) atoms. The van der Waals surface area contributed by atoms with E-state index in [0.717, 1.165) is 60.8 Å². The Kier molecular flexibility index (Phi) is 4.82. The third-order valence-corrected chi connectivity index (χ3v) is 4.60. The minimum atomic E-state index is 0.628. The minimum absolute atomic E-state index is 0.628. The van der Waals surface area contributed by atoms with Crippen molar-refractivity contribution in [3.8, 4) is 23.1 Å². The van der Waals surface area contributed by atoms with E-state index in [9.17, 15) is 0 Å². The number of nitriles is 1. The van der Waals surface area contributed by atoms with Crippen LogP contribution in [0.3, 0.4) is 0 Å². The monoisotopic (exact) mass is 348 g/mol. The summed E-state index contributed by atoms with van der Waals surface area (Å²) >= 11 is 0. The summed E-state index contributed by atoms with van der Waals surface area (Å²) in [5, 5.41) is 17.5. The molecule has 0 atom stereocenters. The normalized spacial score (nSPS) is 15.0. The van der Waals surface area contributed by atoms with Gasteiger partial charge in [0.15, 0.2) is 0 Å². The lowest BCUT2D eigenvalue weighted by Gasteiger charge is -2.26. The third kappa shape index (κ3) is 3.54. The molecule has 0 spiro atoms. The quantitative estimate of drug-likeness (QED) is 0.767. The first-order chi connectivity index (χ1) is 12.8. The number of benzene rings is 2. The van der Waals surface area contributed by atoms with E-state index in [1.807, 2.05) is 36.4 Å². The lowest BCUT2D eigenvalue weighted by Crippen LogP contribution is -2.38. The number of hydrogen-bond donors (Lipinski definition) is 1. The molecule has 6 nitrogen and oxygen atoms in total. The third-order valence-electron chi connectivity index (χ3n) is 4.60. The van der Waals surface area contributed by atoms with Crippen LogP contribution in [0.2, 0.25) is 0 Å². The van der Waals surface area contributed by atoms with Gasteiger partial charge >= 0.3 is 0 Å². The Morgan fingerprint density at radius 1 is 1.15 bits per heavy atom. The Balaban J connectivity index is 1.43. The van der Waals surface area contributed by atoms with Gasteiger partial charge in [-0.1, -0.05) is 0 Å². The molecule has 0 bridgehead atoms. The van der Waals surface area contributed by atoms with Gasteiger partial charge in [0.2, 0.25) is 0 Å². The van der Waals surface area contributed by atoms with Crippen LogP contribution in [-0.4, -0.2) is 54.6 Å². The van der Waals surface area contributed by atoms with Crippen LogP contribution < -0.4 is 4.74 Å². The Hall–Kier alpha value is -2.88. The fourth-order valence-corrected chi connectivity index (χ4v) is 3.13. The highest BCUT2D eigenvalue weighted by molar-refractivity contribution is 5.93. The van der Waals surface area contributed by atoms with Crippen molar-refractivity contribution in [2.45, 2.75) is 0 Å². The Morgan fingerprint density at radius 2 is 1.96 bits per heavy atom. The lowest BCUT2D eigenvalue weighted by atomic mass is 10.1. The number of aromatic amines is 1. The number of fused-ring (bicyclic) bond motifs is 1. The average molecular weight is 348 g/mol. The first-order valence-electron chi connectivity index (χ1n) is 8.75. The number of H-pyrrole nitrogens is 1. The van der Waals surface area contributed by atoms with E-state index in [1.165, 1.54) is 0 Å². The molecule has 1 aliphatic rings. The molecule has 1 saturated heterocycles. The van der Waals surface area contributed by atoms with Gasteiger partial charge in [-0.3, -0.25) is 10.00 Å². The number of nitrogens with one attached hydrogen (secondary N) is 1. The minimum Gasteiger partial charge on any atom is -0.492 e. The van der Waals surface area contributed by atoms with Crippen LogP contribution in [0.5, 0.6) is 5.75 Å². The van der Waals surface area contributed by atoms with Crippen molar-refractivity contribution in [2.24, 2.45) is 0 Å². The maximum Gasteiger partial charge on any atom is 0.119 e. The van der Waals surface area contributed by atoms with Gasteiger partial charge in [0, 0.05) is 30.6 Å². The van der Waals surface area contributed by atoms with Crippen LogP contribution in [-0.2, 0) is 4.74 Å². The summed E-state index contributed by atoms with van der Waals surface area (Å²) < 4.78 is 11.2. The largest absolute Gasteiger partial charge is 0.492 e. The molecular formula is C20H20N4O2. The van der Waals surface area contributed by atoms with Gasteiger partial charge in [-0.2, -0.15) is 10.4 Å². The highest BCUT2D eigenvalue weighted by atomic mass is 16.5.